The van der Waals surface area contributed by atoms with Crippen LogP contribution in [0, 0.1) is 18.7 Å². The minimum absolute atomic E-state index is 0.106. The lowest BCUT2D eigenvalue weighted by Gasteiger charge is -2.35. The molecule has 0 unspecified atom stereocenters. The topological polar surface area (TPSA) is 148 Å². The molecule has 4 N–H and O–H groups in total. The third-order valence-corrected chi connectivity index (χ3v) is 9.83. The first-order valence-electron chi connectivity index (χ1n) is 17.5. The predicted molar refractivity (Wildman–Crippen MR) is 196 cm³/mol. The van der Waals surface area contributed by atoms with E-state index in [1.54, 1.807) is 54.6 Å². The number of hydrogen-bond donors (Lipinski definition) is 3. The number of fused-ring (bicyclic) bond motifs is 1. The molecule has 0 aliphatic carbocycles. The number of halogens is 1. The maximum Gasteiger partial charge on any atom is 0.329 e. The number of nitrogens with two attached hydrogens (primary N) is 1. The van der Waals surface area contributed by atoms with Crippen molar-refractivity contribution in [3.8, 4) is 22.9 Å². The molecule has 5 aromatic rings. The highest BCUT2D eigenvalue weighted by Gasteiger charge is 2.42. The van der Waals surface area contributed by atoms with Crippen molar-refractivity contribution in [2.24, 2.45) is 5.92 Å². The van der Waals surface area contributed by atoms with Gasteiger partial charge in [-0.05, 0) is 93.6 Å². The molecule has 3 amide bonds. The summed E-state index contributed by atoms with van der Waals surface area (Å²) in [4.78, 5) is 47.3. The molecule has 52 heavy (non-hydrogen) atoms. The van der Waals surface area contributed by atoms with E-state index in [9.17, 15) is 18.8 Å². The number of amides is 3. The lowest BCUT2D eigenvalue weighted by molar-refractivity contribution is -0.119. The maximum absolute atomic E-state index is 14.2. The van der Waals surface area contributed by atoms with Crippen LogP contribution < -0.4 is 25.4 Å². The number of hydrogen-bond acceptors (Lipinski definition) is 8. The first-order chi connectivity index (χ1) is 24.9. The van der Waals surface area contributed by atoms with Gasteiger partial charge >= 0.3 is 6.03 Å². The van der Waals surface area contributed by atoms with Gasteiger partial charge in [-0.25, -0.2) is 18.8 Å². The number of imide groups is 1. The summed E-state index contributed by atoms with van der Waals surface area (Å²) >= 11 is 0. The molecule has 0 spiro atoms. The van der Waals surface area contributed by atoms with E-state index in [1.165, 1.54) is 16.9 Å². The van der Waals surface area contributed by atoms with E-state index in [0.717, 1.165) is 30.8 Å². The van der Waals surface area contributed by atoms with Gasteiger partial charge in [0.25, 0.3) is 5.91 Å². The fourth-order valence-corrected chi connectivity index (χ4v) is 6.82. The number of aryl methyl sites for hydroxylation is 1. The van der Waals surface area contributed by atoms with Crippen molar-refractivity contribution in [2.45, 2.75) is 65.6 Å². The van der Waals surface area contributed by atoms with Crippen LogP contribution in [-0.2, 0) is 4.79 Å². The van der Waals surface area contributed by atoms with Crippen LogP contribution in [0.1, 0.15) is 62.2 Å². The average molecular weight is 708 g/mol. The molecule has 13 heteroatoms. The molecule has 7 rings (SSSR count). The number of piperidine rings is 1. The molecule has 1 atom stereocenters. The third-order valence-electron chi connectivity index (χ3n) is 9.83. The number of ether oxygens (including phenoxy) is 2. The Balaban J connectivity index is 1.18. The van der Waals surface area contributed by atoms with Gasteiger partial charge in [0.2, 0.25) is 5.78 Å². The van der Waals surface area contributed by atoms with Crippen LogP contribution in [0.5, 0.6) is 17.2 Å². The SMILES string of the molecule is Cc1cc(-n2ncc(C(=O)c3cc4cc(OC5CCN(C(C)C)CC5)c(N5C(=O)N[C@@H](C(C)C)C5=O)cc4[nH]3)c2N)ccc1Oc1ccccc1F. The second-order valence-corrected chi connectivity index (χ2v) is 14.0. The Morgan fingerprint density at radius 1 is 0.981 bits per heavy atom. The molecule has 2 aliphatic rings. The Morgan fingerprint density at radius 2 is 1.73 bits per heavy atom. The van der Waals surface area contributed by atoms with Crippen LogP contribution >= 0.6 is 0 Å². The zero-order valence-electron chi connectivity index (χ0n) is 29.8. The highest BCUT2D eigenvalue weighted by molar-refractivity contribution is 6.23. The van der Waals surface area contributed by atoms with Crippen molar-refractivity contribution in [3.63, 3.8) is 0 Å². The first-order valence-corrected chi connectivity index (χ1v) is 17.5. The van der Waals surface area contributed by atoms with Crippen LogP contribution in [0.15, 0.2) is 66.9 Å². The van der Waals surface area contributed by atoms with E-state index in [4.69, 9.17) is 15.2 Å². The predicted octanol–water partition coefficient (Wildman–Crippen LogP) is 6.74. The highest BCUT2D eigenvalue weighted by atomic mass is 19.1. The molecular formula is C39H42FN7O5. The van der Waals surface area contributed by atoms with Gasteiger partial charge in [0.1, 0.15) is 29.5 Å². The molecular weight excluding hydrogens is 665 g/mol. The largest absolute Gasteiger partial charge is 0.488 e. The second kappa shape index (κ2) is 13.8. The zero-order valence-corrected chi connectivity index (χ0v) is 29.8. The average Bonchev–Trinajstić information content (AvgIpc) is 3.80. The van der Waals surface area contributed by atoms with Crippen LogP contribution in [0.3, 0.4) is 0 Å². The monoisotopic (exact) mass is 707 g/mol. The number of ketones is 1. The van der Waals surface area contributed by atoms with E-state index in [1.807, 2.05) is 20.8 Å². The van der Waals surface area contributed by atoms with E-state index < -0.39 is 23.7 Å². The molecule has 270 valence electrons. The summed E-state index contributed by atoms with van der Waals surface area (Å²) in [6.07, 6.45) is 2.89. The highest BCUT2D eigenvalue weighted by Crippen LogP contribution is 2.38. The number of benzene rings is 3. The van der Waals surface area contributed by atoms with E-state index in [2.05, 4.69) is 34.1 Å². The Hall–Kier alpha value is -5.69. The molecule has 2 aromatic heterocycles. The molecule has 0 radical (unpaired) electrons. The van der Waals surface area contributed by atoms with Gasteiger partial charge in [0, 0.05) is 30.0 Å². The van der Waals surface area contributed by atoms with Crippen molar-refractivity contribution in [1.29, 1.82) is 0 Å². The minimum Gasteiger partial charge on any atom is -0.488 e. The Bertz CT molecular complexity index is 2180. The van der Waals surface area contributed by atoms with Crippen molar-refractivity contribution >= 4 is 40.1 Å². The number of H-pyrrole nitrogens is 1. The van der Waals surface area contributed by atoms with Crippen molar-refractivity contribution in [1.82, 2.24) is 25.0 Å². The van der Waals surface area contributed by atoms with Gasteiger partial charge in [0.15, 0.2) is 11.6 Å². The molecule has 2 aliphatic heterocycles. The van der Waals surface area contributed by atoms with E-state index >= 15 is 0 Å². The van der Waals surface area contributed by atoms with Crippen LogP contribution in [-0.4, -0.2) is 68.7 Å². The summed E-state index contributed by atoms with van der Waals surface area (Å²) in [6.45, 7) is 11.7. The Kier molecular flexibility index (Phi) is 9.22. The van der Waals surface area contributed by atoms with Crippen LogP contribution in [0.25, 0.3) is 16.6 Å². The van der Waals surface area contributed by atoms with Gasteiger partial charge in [-0.3, -0.25) is 9.59 Å². The number of nitrogens with one attached hydrogen (secondary N) is 2. The summed E-state index contributed by atoms with van der Waals surface area (Å²) in [5.41, 5.74) is 9.09. The number of nitrogens with zero attached hydrogens (tertiary/aromatic N) is 4. The number of anilines is 2. The quantitative estimate of drug-likeness (QED) is 0.107. The standard InChI is InChI=1S/C39H42FN7O5/c1-21(2)35-38(49)46(39(50)44-35)31-19-29-24(18-34(31)51-26-12-14-45(15-13-26)22(3)4)17-30(43-29)36(48)27-20-42-47(37(27)41)25-10-11-32(23(5)16-25)52-33-9-7-6-8-28(33)40/h6-11,16-22,26,35,43H,12-15,41H2,1-5H3,(H,44,50)/t35-/m0/s1. The normalized spacial score (nSPS) is 17.1. The Labute approximate surface area is 300 Å². The number of carbonyl (C=O) groups is 3. The zero-order chi connectivity index (χ0) is 36.8. The van der Waals surface area contributed by atoms with Gasteiger partial charge in [-0.2, -0.15) is 5.10 Å². The number of aromatic nitrogens is 3. The number of urea groups is 1. The molecule has 12 nitrogen and oxygen atoms in total. The fraction of sp³-hybridized carbons (Fsp3) is 0.333. The van der Waals surface area contributed by atoms with Crippen molar-refractivity contribution < 1.29 is 28.2 Å². The lowest BCUT2D eigenvalue weighted by Crippen LogP contribution is -2.42. The summed E-state index contributed by atoms with van der Waals surface area (Å²) in [5.74, 6) is -0.236. The number of aromatic amines is 1. The molecule has 0 bridgehead atoms. The lowest BCUT2D eigenvalue weighted by atomic mass is 10.0. The van der Waals surface area contributed by atoms with Crippen molar-refractivity contribution in [3.05, 3.63) is 89.5 Å². The summed E-state index contributed by atoms with van der Waals surface area (Å²) < 4.78 is 27.9. The van der Waals surface area contributed by atoms with Crippen molar-refractivity contribution in [2.75, 3.05) is 23.7 Å². The van der Waals surface area contributed by atoms with Gasteiger partial charge in [-0.1, -0.05) is 26.0 Å². The van der Waals surface area contributed by atoms with Crippen LogP contribution in [0.2, 0.25) is 0 Å². The number of likely N-dealkylation sites (tertiary alicyclic amines) is 1. The minimum atomic E-state index is -0.662. The first kappa shape index (κ1) is 34.7. The number of rotatable bonds is 10. The maximum atomic E-state index is 14.2. The van der Waals surface area contributed by atoms with Gasteiger partial charge in [-0.15, -0.1) is 0 Å². The Morgan fingerprint density at radius 3 is 2.40 bits per heavy atom. The van der Waals surface area contributed by atoms with E-state index in [-0.39, 0.29) is 40.8 Å². The molecule has 2 saturated heterocycles. The van der Waals surface area contributed by atoms with Gasteiger partial charge < -0.3 is 30.4 Å². The third kappa shape index (κ3) is 6.47. The number of carbonyl (C=O) groups excluding carboxylic acids is 3. The summed E-state index contributed by atoms with van der Waals surface area (Å²) in [6, 6.07) is 15.8. The molecule has 3 aromatic carbocycles. The van der Waals surface area contributed by atoms with Crippen LogP contribution in [0.4, 0.5) is 20.7 Å². The fourth-order valence-electron chi connectivity index (χ4n) is 6.82. The smallest absolute Gasteiger partial charge is 0.329 e. The molecule has 2 fully saturated rings. The molecule has 4 heterocycles. The number of para-hydroxylation sites is 1. The van der Waals surface area contributed by atoms with Gasteiger partial charge in [0.05, 0.1) is 28.8 Å². The second-order valence-electron chi connectivity index (χ2n) is 14.0. The summed E-state index contributed by atoms with van der Waals surface area (Å²) in [5, 5.41) is 7.87. The molecule has 0 saturated carbocycles. The number of nitrogen functional groups attached to an aromatic ring is 1. The summed E-state index contributed by atoms with van der Waals surface area (Å²) in [7, 11) is 0. The van der Waals surface area contributed by atoms with E-state index in [0.29, 0.717) is 45.4 Å².